The maximum atomic E-state index is 11.8. The second-order valence-electron chi connectivity index (χ2n) is 4.27. The van der Waals surface area contributed by atoms with Crippen LogP contribution >= 0.6 is 11.6 Å². The Labute approximate surface area is 111 Å². The number of hydrogen-bond donors (Lipinski definition) is 0. The summed E-state index contributed by atoms with van der Waals surface area (Å²) in [7, 11) is 0. The molecule has 0 aromatic heterocycles. The number of carbonyl (C=O) groups is 1. The van der Waals surface area contributed by atoms with Crippen LogP contribution in [0.2, 0.25) is 5.02 Å². The predicted octanol–water partition coefficient (Wildman–Crippen LogP) is 2.79. The van der Waals surface area contributed by atoms with Gasteiger partial charge in [-0.25, -0.2) is 4.79 Å². The molecule has 18 heavy (non-hydrogen) atoms. The first kappa shape index (κ1) is 12.9. The molecule has 1 heterocycles. The predicted molar refractivity (Wildman–Crippen MR) is 68.7 cm³/mol. The van der Waals surface area contributed by atoms with Gasteiger partial charge in [0, 0.05) is 17.0 Å². The molecule has 0 spiro atoms. The molecule has 0 N–H and O–H groups in total. The van der Waals surface area contributed by atoms with E-state index >= 15 is 0 Å². The van der Waals surface area contributed by atoms with E-state index in [0.29, 0.717) is 23.8 Å². The first-order valence-electron chi connectivity index (χ1n) is 5.73. The van der Waals surface area contributed by atoms with E-state index in [4.69, 9.17) is 21.2 Å². The highest BCUT2D eigenvalue weighted by atomic mass is 35.5. The number of carbonyl (C=O) groups excluding carboxylic acids is 1. The Balaban J connectivity index is 2.14. The summed E-state index contributed by atoms with van der Waals surface area (Å²) < 4.78 is 4.97. The topological polar surface area (TPSA) is 47.9 Å². The molecule has 1 unspecified atom stereocenters. The summed E-state index contributed by atoms with van der Waals surface area (Å²) in [5, 5.41) is 4.59. The van der Waals surface area contributed by atoms with Crippen molar-refractivity contribution in [3.8, 4) is 0 Å². The summed E-state index contributed by atoms with van der Waals surface area (Å²) in [5.74, 6) is -0.397. The second-order valence-corrected chi connectivity index (χ2v) is 4.70. The Bertz CT molecular complexity index is 501. The van der Waals surface area contributed by atoms with Crippen molar-refractivity contribution in [3.05, 3.63) is 34.9 Å². The maximum absolute atomic E-state index is 11.8. The first-order valence-corrected chi connectivity index (χ1v) is 6.11. The van der Waals surface area contributed by atoms with Crippen molar-refractivity contribution in [3.63, 3.8) is 0 Å². The summed E-state index contributed by atoms with van der Waals surface area (Å²) in [5.41, 5.74) is 0.525. The van der Waals surface area contributed by atoms with Crippen molar-refractivity contribution in [1.29, 1.82) is 0 Å². The molecule has 1 aromatic carbocycles. The number of halogens is 1. The molecule has 0 fully saturated rings. The SMILES string of the molecule is CCOC(=O)C1(C)CC(c2cccc(Cl)c2)=NO1. The molecule has 2 rings (SSSR count). The van der Waals surface area contributed by atoms with Crippen LogP contribution < -0.4 is 0 Å². The van der Waals surface area contributed by atoms with Crippen LogP contribution in [0.5, 0.6) is 0 Å². The van der Waals surface area contributed by atoms with Gasteiger partial charge in [0.05, 0.1) is 12.3 Å². The van der Waals surface area contributed by atoms with E-state index in [1.165, 1.54) is 0 Å². The third-order valence-corrected chi connectivity index (χ3v) is 2.96. The second kappa shape index (κ2) is 4.98. The smallest absolute Gasteiger partial charge is 0.353 e. The minimum absolute atomic E-state index is 0.324. The van der Waals surface area contributed by atoms with Crippen LogP contribution in [0.3, 0.4) is 0 Å². The van der Waals surface area contributed by atoms with Crippen LogP contribution in [-0.2, 0) is 14.4 Å². The van der Waals surface area contributed by atoms with Gasteiger partial charge in [0.15, 0.2) is 0 Å². The monoisotopic (exact) mass is 267 g/mol. The molecule has 0 bridgehead atoms. The van der Waals surface area contributed by atoms with Gasteiger partial charge >= 0.3 is 5.97 Å². The van der Waals surface area contributed by atoms with Crippen molar-refractivity contribution < 1.29 is 14.4 Å². The zero-order chi connectivity index (χ0) is 13.2. The van der Waals surface area contributed by atoms with E-state index in [1.807, 2.05) is 12.1 Å². The molecule has 0 saturated heterocycles. The number of benzene rings is 1. The standard InChI is InChI=1S/C13H14ClNO3/c1-3-17-12(16)13(2)8-11(15-18-13)9-5-4-6-10(14)7-9/h4-7H,3,8H2,1-2H3. The number of oxime groups is 1. The Morgan fingerprint density at radius 2 is 2.39 bits per heavy atom. The normalized spacial score (nSPS) is 22.3. The lowest BCUT2D eigenvalue weighted by Crippen LogP contribution is -2.37. The molecular weight excluding hydrogens is 254 g/mol. The van der Waals surface area contributed by atoms with Gasteiger partial charge in [-0.05, 0) is 26.0 Å². The lowest BCUT2D eigenvalue weighted by molar-refractivity contribution is -0.166. The average Bonchev–Trinajstić information content (AvgIpc) is 2.74. The van der Waals surface area contributed by atoms with E-state index < -0.39 is 11.6 Å². The van der Waals surface area contributed by atoms with Crippen molar-refractivity contribution >= 4 is 23.3 Å². The zero-order valence-corrected chi connectivity index (χ0v) is 11.0. The number of esters is 1. The molecule has 0 radical (unpaired) electrons. The van der Waals surface area contributed by atoms with Crippen LogP contribution in [0.25, 0.3) is 0 Å². The molecule has 96 valence electrons. The molecule has 4 nitrogen and oxygen atoms in total. The van der Waals surface area contributed by atoms with Crippen LogP contribution in [0.4, 0.5) is 0 Å². The summed E-state index contributed by atoms with van der Waals surface area (Å²) in [4.78, 5) is 17.0. The molecule has 0 amide bonds. The lowest BCUT2D eigenvalue weighted by Gasteiger charge is -2.18. The van der Waals surface area contributed by atoms with E-state index in [-0.39, 0.29) is 0 Å². The highest BCUT2D eigenvalue weighted by molar-refractivity contribution is 6.31. The van der Waals surface area contributed by atoms with Crippen LogP contribution in [-0.4, -0.2) is 23.9 Å². The van der Waals surface area contributed by atoms with Gasteiger partial charge in [-0.15, -0.1) is 0 Å². The van der Waals surface area contributed by atoms with Gasteiger partial charge in [0.1, 0.15) is 0 Å². The third-order valence-electron chi connectivity index (χ3n) is 2.73. The lowest BCUT2D eigenvalue weighted by atomic mass is 9.96. The molecule has 5 heteroatoms. The van der Waals surface area contributed by atoms with E-state index in [9.17, 15) is 4.79 Å². The average molecular weight is 268 g/mol. The Morgan fingerprint density at radius 1 is 1.61 bits per heavy atom. The van der Waals surface area contributed by atoms with Crippen LogP contribution in [0, 0.1) is 0 Å². The largest absolute Gasteiger partial charge is 0.463 e. The molecule has 0 saturated carbocycles. The molecule has 1 aromatic rings. The van der Waals surface area contributed by atoms with Crippen molar-refractivity contribution in [2.45, 2.75) is 25.9 Å². The highest BCUT2D eigenvalue weighted by Crippen LogP contribution is 2.28. The van der Waals surface area contributed by atoms with E-state index in [2.05, 4.69) is 5.16 Å². The third kappa shape index (κ3) is 2.48. The summed E-state index contributed by atoms with van der Waals surface area (Å²) >= 11 is 5.92. The Kier molecular flexibility index (Phi) is 3.57. The number of ether oxygens (including phenoxy) is 1. The molecule has 1 aliphatic heterocycles. The fraction of sp³-hybridized carbons (Fsp3) is 0.385. The highest BCUT2D eigenvalue weighted by Gasteiger charge is 2.43. The molecule has 1 atom stereocenters. The molecule has 1 aliphatic rings. The van der Waals surface area contributed by atoms with Gasteiger partial charge in [0.25, 0.3) is 0 Å². The van der Waals surface area contributed by atoms with Crippen molar-refractivity contribution in [2.75, 3.05) is 6.61 Å². The summed E-state index contributed by atoms with van der Waals surface area (Å²) in [6.45, 7) is 3.76. The summed E-state index contributed by atoms with van der Waals surface area (Å²) in [6.07, 6.45) is 0.381. The van der Waals surface area contributed by atoms with Crippen molar-refractivity contribution in [2.24, 2.45) is 5.16 Å². The van der Waals surface area contributed by atoms with Gasteiger partial charge < -0.3 is 9.57 Å². The minimum atomic E-state index is -1.03. The Morgan fingerprint density at radius 3 is 3.06 bits per heavy atom. The van der Waals surface area contributed by atoms with Gasteiger partial charge in [-0.1, -0.05) is 28.9 Å². The van der Waals surface area contributed by atoms with E-state index in [0.717, 1.165) is 5.56 Å². The summed E-state index contributed by atoms with van der Waals surface area (Å²) in [6, 6.07) is 7.29. The van der Waals surface area contributed by atoms with Crippen molar-refractivity contribution in [1.82, 2.24) is 0 Å². The van der Waals surface area contributed by atoms with Gasteiger partial charge in [0.2, 0.25) is 5.60 Å². The molecule has 0 aliphatic carbocycles. The minimum Gasteiger partial charge on any atom is -0.463 e. The number of hydrogen-bond acceptors (Lipinski definition) is 4. The number of nitrogens with zero attached hydrogens (tertiary/aromatic N) is 1. The molecular formula is C13H14ClNO3. The quantitative estimate of drug-likeness (QED) is 0.791. The maximum Gasteiger partial charge on any atom is 0.353 e. The van der Waals surface area contributed by atoms with Gasteiger partial charge in [-0.3, -0.25) is 0 Å². The first-order chi connectivity index (χ1) is 8.55. The Hall–Kier alpha value is -1.55. The van der Waals surface area contributed by atoms with Gasteiger partial charge in [-0.2, -0.15) is 0 Å². The van der Waals surface area contributed by atoms with Crippen LogP contribution in [0.1, 0.15) is 25.8 Å². The number of rotatable bonds is 3. The zero-order valence-electron chi connectivity index (χ0n) is 10.3. The fourth-order valence-electron chi connectivity index (χ4n) is 1.76. The fourth-order valence-corrected chi connectivity index (χ4v) is 1.95. The van der Waals surface area contributed by atoms with Crippen LogP contribution in [0.15, 0.2) is 29.4 Å². The van der Waals surface area contributed by atoms with E-state index in [1.54, 1.807) is 26.0 Å².